The molecule has 7 nitrogen and oxygen atoms in total. The fourth-order valence-corrected chi connectivity index (χ4v) is 5.92. The second-order valence-corrected chi connectivity index (χ2v) is 9.05. The molecule has 34 heavy (non-hydrogen) atoms. The maximum absolute atomic E-state index is 13.7. The van der Waals surface area contributed by atoms with E-state index in [4.69, 9.17) is 14.5 Å². The number of carbonyl (C=O) groups excluding carboxylic acids is 2. The highest BCUT2D eigenvalue weighted by molar-refractivity contribution is 7.10. The monoisotopic (exact) mass is 478 g/mol. The Hall–Kier alpha value is -3.65. The Labute approximate surface area is 202 Å². The Morgan fingerprint density at radius 2 is 1.82 bits per heavy atom. The van der Waals surface area contributed by atoms with Crippen LogP contribution in [0.3, 0.4) is 0 Å². The zero-order chi connectivity index (χ0) is 24.5. The van der Waals surface area contributed by atoms with Gasteiger partial charge in [-0.2, -0.15) is 0 Å². The molecular formula is C26H26N2O5S. The van der Waals surface area contributed by atoms with E-state index in [1.54, 1.807) is 25.1 Å². The highest BCUT2D eigenvalue weighted by Crippen LogP contribution is 2.51. The number of hydrogen-bond acceptors (Lipinski definition) is 8. The normalized spacial score (nSPS) is 22.1. The average Bonchev–Trinajstić information content (AvgIpc) is 3.34. The van der Waals surface area contributed by atoms with E-state index >= 15 is 0 Å². The summed E-state index contributed by atoms with van der Waals surface area (Å²) in [5.74, 6) is -1.61. The summed E-state index contributed by atoms with van der Waals surface area (Å²) in [4.78, 5) is 31.6. The first-order chi connectivity index (χ1) is 16.3. The SMILES string of the molecule is COC(=O)C1=C(C)NC(C)C(C(=O)OC)(c2nc(-c3cccc(O)c3)cs2)C1c1ccccc1. The number of nitrogens with zero attached hydrogens (tertiary/aromatic N) is 1. The first-order valence-corrected chi connectivity index (χ1v) is 11.7. The minimum atomic E-state index is -1.35. The summed E-state index contributed by atoms with van der Waals surface area (Å²) in [5, 5.41) is 15.6. The lowest BCUT2D eigenvalue weighted by Gasteiger charge is -2.46. The Morgan fingerprint density at radius 3 is 2.47 bits per heavy atom. The van der Waals surface area contributed by atoms with Crippen molar-refractivity contribution in [3.63, 3.8) is 0 Å². The zero-order valence-corrected chi connectivity index (χ0v) is 20.2. The minimum Gasteiger partial charge on any atom is -0.508 e. The first kappa shape index (κ1) is 23.5. The van der Waals surface area contributed by atoms with Gasteiger partial charge in [0.2, 0.25) is 0 Å². The van der Waals surface area contributed by atoms with Gasteiger partial charge in [-0.05, 0) is 31.5 Å². The number of aromatic hydroxyl groups is 1. The van der Waals surface area contributed by atoms with Crippen molar-refractivity contribution in [1.82, 2.24) is 10.3 Å². The van der Waals surface area contributed by atoms with Gasteiger partial charge in [0, 0.05) is 28.6 Å². The third-order valence-electron chi connectivity index (χ3n) is 6.33. The number of ether oxygens (including phenoxy) is 2. The third-order valence-corrected chi connectivity index (χ3v) is 7.32. The van der Waals surface area contributed by atoms with E-state index in [9.17, 15) is 14.7 Å². The number of esters is 2. The molecule has 0 bridgehead atoms. The number of phenolic OH excluding ortho intramolecular Hbond substituents is 1. The summed E-state index contributed by atoms with van der Waals surface area (Å²) in [6, 6.07) is 15.7. The standard InChI is InChI=1S/C26H26N2O5S/c1-15-21(23(30)32-3)22(17-9-6-5-7-10-17)26(16(2)27-15,25(31)33-4)24-28-20(14-34-24)18-11-8-12-19(29)13-18/h5-14,16,22,27,29H,1-4H3. The summed E-state index contributed by atoms with van der Waals surface area (Å²) in [5.41, 5.74) is 1.75. The van der Waals surface area contributed by atoms with Gasteiger partial charge in [-0.3, -0.25) is 4.79 Å². The quantitative estimate of drug-likeness (QED) is 0.532. The Balaban J connectivity index is 2.01. The van der Waals surface area contributed by atoms with Crippen LogP contribution in [0.1, 0.15) is 30.3 Å². The number of methoxy groups -OCH3 is 2. The number of carbonyl (C=O) groups is 2. The number of aromatic nitrogens is 1. The van der Waals surface area contributed by atoms with Crippen LogP contribution in [0.2, 0.25) is 0 Å². The molecule has 1 aromatic heterocycles. The van der Waals surface area contributed by atoms with E-state index in [0.29, 0.717) is 22.0 Å². The van der Waals surface area contributed by atoms with Crippen molar-refractivity contribution in [2.24, 2.45) is 0 Å². The fourth-order valence-electron chi connectivity index (χ4n) is 4.79. The molecule has 1 aliphatic rings. The predicted molar refractivity (Wildman–Crippen MR) is 129 cm³/mol. The van der Waals surface area contributed by atoms with Crippen molar-refractivity contribution < 1.29 is 24.2 Å². The second kappa shape index (κ2) is 9.30. The van der Waals surface area contributed by atoms with Crippen LogP contribution in [0.4, 0.5) is 0 Å². The van der Waals surface area contributed by atoms with Gasteiger partial charge >= 0.3 is 11.9 Å². The summed E-state index contributed by atoms with van der Waals surface area (Å²) in [6.07, 6.45) is 0. The lowest BCUT2D eigenvalue weighted by Crippen LogP contribution is -2.60. The summed E-state index contributed by atoms with van der Waals surface area (Å²) < 4.78 is 10.5. The van der Waals surface area contributed by atoms with E-state index < -0.39 is 29.3 Å². The number of phenols is 1. The number of thiazole rings is 1. The number of benzene rings is 2. The Morgan fingerprint density at radius 1 is 1.09 bits per heavy atom. The van der Waals surface area contributed by atoms with Crippen LogP contribution >= 0.6 is 11.3 Å². The second-order valence-electron chi connectivity index (χ2n) is 8.19. The van der Waals surface area contributed by atoms with Gasteiger partial charge in [0.15, 0.2) is 5.41 Å². The smallest absolute Gasteiger partial charge is 0.336 e. The van der Waals surface area contributed by atoms with Crippen molar-refractivity contribution in [1.29, 1.82) is 0 Å². The van der Waals surface area contributed by atoms with Crippen LogP contribution in [0, 0.1) is 0 Å². The van der Waals surface area contributed by atoms with Gasteiger partial charge in [-0.15, -0.1) is 11.3 Å². The van der Waals surface area contributed by atoms with Crippen LogP contribution < -0.4 is 5.32 Å². The molecule has 4 rings (SSSR count). The van der Waals surface area contributed by atoms with Crippen molar-refractivity contribution in [3.05, 3.63) is 81.8 Å². The average molecular weight is 479 g/mol. The molecule has 2 aromatic carbocycles. The van der Waals surface area contributed by atoms with Crippen LogP contribution in [0.25, 0.3) is 11.3 Å². The van der Waals surface area contributed by atoms with Crippen molar-refractivity contribution in [2.45, 2.75) is 31.2 Å². The van der Waals surface area contributed by atoms with E-state index in [0.717, 1.165) is 11.1 Å². The maximum Gasteiger partial charge on any atom is 0.336 e. The molecule has 2 N–H and O–H groups in total. The van der Waals surface area contributed by atoms with E-state index in [1.165, 1.54) is 25.6 Å². The number of hydrogen-bond donors (Lipinski definition) is 2. The number of nitrogens with one attached hydrogen (secondary N) is 1. The summed E-state index contributed by atoms with van der Waals surface area (Å²) in [7, 11) is 2.66. The molecule has 0 saturated carbocycles. The summed E-state index contributed by atoms with van der Waals surface area (Å²) >= 11 is 1.32. The molecular weight excluding hydrogens is 452 g/mol. The van der Waals surface area contributed by atoms with Crippen LogP contribution in [-0.2, 0) is 24.5 Å². The van der Waals surface area contributed by atoms with E-state index in [2.05, 4.69) is 5.32 Å². The lowest BCUT2D eigenvalue weighted by atomic mass is 9.62. The maximum atomic E-state index is 13.7. The minimum absolute atomic E-state index is 0.121. The molecule has 3 atom stereocenters. The molecule has 176 valence electrons. The van der Waals surface area contributed by atoms with Crippen molar-refractivity contribution >= 4 is 23.3 Å². The van der Waals surface area contributed by atoms with Crippen molar-refractivity contribution in [3.8, 4) is 17.0 Å². The highest BCUT2D eigenvalue weighted by Gasteiger charge is 2.60. The molecule has 0 fully saturated rings. The third kappa shape index (κ3) is 3.74. The molecule has 0 spiro atoms. The topological polar surface area (TPSA) is 97.8 Å². The van der Waals surface area contributed by atoms with Gasteiger partial charge in [-0.1, -0.05) is 42.5 Å². The fraction of sp³-hybridized carbons (Fsp3) is 0.269. The molecule has 0 aliphatic carbocycles. The largest absolute Gasteiger partial charge is 0.508 e. The van der Waals surface area contributed by atoms with Crippen molar-refractivity contribution in [2.75, 3.05) is 14.2 Å². The molecule has 3 aromatic rings. The number of allylic oxidation sites excluding steroid dienone is 1. The first-order valence-electron chi connectivity index (χ1n) is 10.8. The Bertz CT molecular complexity index is 1250. The number of rotatable bonds is 5. The molecule has 0 saturated heterocycles. The molecule has 0 radical (unpaired) electrons. The predicted octanol–water partition coefficient (Wildman–Crippen LogP) is 4.15. The molecule has 3 unspecified atom stereocenters. The van der Waals surface area contributed by atoms with Crippen LogP contribution in [-0.4, -0.2) is 42.3 Å². The van der Waals surface area contributed by atoms with Gasteiger partial charge in [0.05, 0.1) is 25.5 Å². The van der Waals surface area contributed by atoms with Gasteiger partial charge < -0.3 is 19.9 Å². The molecule has 0 amide bonds. The zero-order valence-electron chi connectivity index (χ0n) is 19.4. The Kier molecular flexibility index (Phi) is 6.43. The lowest BCUT2D eigenvalue weighted by molar-refractivity contribution is -0.150. The molecule has 1 aliphatic heterocycles. The van der Waals surface area contributed by atoms with E-state index in [1.807, 2.05) is 48.7 Å². The van der Waals surface area contributed by atoms with Crippen LogP contribution in [0.5, 0.6) is 5.75 Å². The van der Waals surface area contributed by atoms with Gasteiger partial charge in [-0.25, -0.2) is 9.78 Å². The molecule has 8 heteroatoms. The highest BCUT2D eigenvalue weighted by atomic mass is 32.1. The van der Waals surface area contributed by atoms with Crippen LogP contribution in [0.15, 0.2) is 71.2 Å². The van der Waals surface area contributed by atoms with Gasteiger partial charge in [0.25, 0.3) is 0 Å². The van der Waals surface area contributed by atoms with Gasteiger partial charge in [0.1, 0.15) is 10.8 Å². The summed E-state index contributed by atoms with van der Waals surface area (Å²) in [6.45, 7) is 3.69. The van der Waals surface area contributed by atoms with E-state index in [-0.39, 0.29) is 5.75 Å². The molecule has 2 heterocycles.